The van der Waals surface area contributed by atoms with Gasteiger partial charge in [0.25, 0.3) is 0 Å². The quantitative estimate of drug-likeness (QED) is 0.464. The summed E-state index contributed by atoms with van der Waals surface area (Å²) in [5.74, 6) is 0. The molecule has 0 spiro atoms. The van der Waals surface area contributed by atoms with Crippen LogP contribution in [0.1, 0.15) is 13.8 Å². The molecule has 0 heterocycles. The molecule has 19 heavy (non-hydrogen) atoms. The van der Waals surface area contributed by atoms with Crippen LogP contribution in [0.15, 0.2) is 0 Å². The Balaban J connectivity index is 0. The van der Waals surface area contributed by atoms with Gasteiger partial charge in [-0.1, -0.05) is 0 Å². The van der Waals surface area contributed by atoms with Crippen LogP contribution in [0, 0.1) is 143 Å². The summed E-state index contributed by atoms with van der Waals surface area (Å²) in [6.07, 6.45) is 32.0. The monoisotopic (exact) mass is 470 g/mol. The Bertz CT molecular complexity index is 75.0. The molecule has 0 unspecified atom stereocenters. The molecule has 3 aliphatic carbocycles. The van der Waals surface area contributed by atoms with Crippen LogP contribution in [0.5, 0.6) is 0 Å². The summed E-state index contributed by atoms with van der Waals surface area (Å²) in [4.78, 5) is 0. The van der Waals surface area contributed by atoms with Gasteiger partial charge in [0, 0.05) is 39.9 Å². The van der Waals surface area contributed by atoms with Crippen molar-refractivity contribution in [3.8, 4) is 0 Å². The van der Waals surface area contributed by atoms with Crippen molar-refractivity contribution in [3.63, 3.8) is 0 Å². The Morgan fingerprint density at radius 3 is 0.474 bits per heavy atom. The molecule has 0 amide bonds. The van der Waals surface area contributed by atoms with Crippen LogP contribution in [-0.2, 0) is 0 Å². The molecule has 0 aliphatic heterocycles. The van der Waals surface area contributed by atoms with Gasteiger partial charge >= 0.3 is 0 Å². The van der Waals surface area contributed by atoms with Crippen LogP contribution in [0.25, 0.3) is 0 Å². The Morgan fingerprint density at radius 1 is 0.368 bits per heavy atom. The predicted molar refractivity (Wildman–Crippen MR) is 80.1 cm³/mol. The zero-order valence-electron chi connectivity index (χ0n) is 11.7. The molecule has 0 N–H and O–H groups in total. The van der Waals surface area contributed by atoms with Crippen molar-refractivity contribution < 1.29 is 39.9 Å². The minimum absolute atomic E-state index is 0. The predicted octanol–water partition coefficient (Wildman–Crippen LogP) is 4.29. The summed E-state index contributed by atoms with van der Waals surface area (Å²) in [6.45, 7) is 4.00. The molecule has 1 heteroatoms. The van der Waals surface area contributed by atoms with E-state index in [0.717, 1.165) is 0 Å². The van der Waals surface area contributed by atoms with Crippen molar-refractivity contribution in [1.29, 1.82) is 0 Å². The van der Waals surface area contributed by atoms with E-state index in [0.29, 0.717) is 0 Å². The van der Waals surface area contributed by atoms with Gasteiger partial charge in [0.2, 0.25) is 0 Å². The maximum atomic E-state index is 2.00. The van der Waals surface area contributed by atoms with Crippen LogP contribution in [0.4, 0.5) is 0 Å². The van der Waals surface area contributed by atoms with Gasteiger partial charge in [0.1, 0.15) is 0 Å². The van der Waals surface area contributed by atoms with E-state index in [2.05, 4.69) is 0 Å². The summed E-state index contributed by atoms with van der Waals surface area (Å²) >= 11 is 0. The first-order valence-electron chi connectivity index (χ1n) is 6.15. The van der Waals surface area contributed by atoms with E-state index in [-0.39, 0.29) is 39.9 Å². The zero-order chi connectivity index (χ0) is 13.3. The maximum Gasteiger partial charge on any atom is 0 e. The van der Waals surface area contributed by atoms with E-state index in [1.54, 1.807) is 0 Å². The minimum Gasteiger partial charge on any atom is -0.335 e. The number of hydrogen-bond acceptors (Lipinski definition) is 0. The first kappa shape index (κ1) is 22.6. The average Bonchev–Trinajstić information content (AvgIpc) is 3.19. The van der Waals surface area contributed by atoms with Gasteiger partial charge in [-0.05, 0) is 96.3 Å². The Hall–Kier alpha value is 1.32. The maximum absolute atomic E-state index is 2.00. The van der Waals surface area contributed by atoms with Gasteiger partial charge in [-0.15, -0.1) is 0 Å². The minimum atomic E-state index is 0. The van der Waals surface area contributed by atoms with Gasteiger partial charge in [-0.2, -0.15) is 13.8 Å². The molecule has 3 fully saturated rings. The van der Waals surface area contributed by atoms with Crippen LogP contribution in [0.2, 0.25) is 0 Å². The fourth-order valence-corrected chi connectivity index (χ4v) is 0.962. The number of rotatable bonds is 0. The molecule has 0 nitrogen and oxygen atoms in total. The first-order valence-corrected chi connectivity index (χ1v) is 6.15. The van der Waals surface area contributed by atoms with Crippen molar-refractivity contribution in [2.75, 3.05) is 0 Å². The van der Waals surface area contributed by atoms with E-state index in [1.165, 1.54) is 0 Å². The molecule has 3 rings (SSSR count). The van der Waals surface area contributed by atoms with E-state index in [4.69, 9.17) is 0 Å². The van der Waals surface area contributed by atoms with E-state index >= 15 is 0 Å². The van der Waals surface area contributed by atoms with Crippen molar-refractivity contribution in [1.82, 2.24) is 0 Å². The second-order valence-electron chi connectivity index (χ2n) is 3.46. The molecular weight excluding hydrogens is 448 g/mol. The van der Waals surface area contributed by atoms with Crippen molar-refractivity contribution in [2.24, 2.45) is 0 Å². The Morgan fingerprint density at radius 2 is 0.421 bits per heavy atom. The molecule has 15 radical (unpaired) electrons. The fraction of sp³-hybridized carbons (Fsp3) is 0.111. The molecule has 99 valence electrons. The molecule has 0 atom stereocenters. The molecule has 0 aromatic heterocycles. The average molecular weight is 470 g/mol. The van der Waals surface area contributed by atoms with Crippen molar-refractivity contribution >= 4 is 0 Å². The first-order chi connectivity index (χ1) is 8.91. The molecular formula is C18H22Th-. The van der Waals surface area contributed by atoms with Gasteiger partial charge in [-0.25, -0.2) is 0 Å². The van der Waals surface area contributed by atoms with Gasteiger partial charge in [0.15, 0.2) is 0 Å². The molecule has 3 aliphatic rings. The fourth-order valence-electron chi connectivity index (χ4n) is 0.962. The summed E-state index contributed by atoms with van der Waals surface area (Å²) in [6, 6.07) is 0. The second kappa shape index (κ2) is 21.6. The standard InChI is InChI=1S/3C5H5.C3H7.Th/c3*1-2-4-5-3-1;1-3-2;/h3*1-5H;3H,1-2H3;/q;;;-1;. The normalized spacial score (nSPS) is 19.9. The van der Waals surface area contributed by atoms with Crippen LogP contribution >= 0.6 is 0 Å². The summed E-state index contributed by atoms with van der Waals surface area (Å²) in [7, 11) is 0. The molecule has 0 aromatic rings. The van der Waals surface area contributed by atoms with Gasteiger partial charge < -0.3 is 6.42 Å². The Labute approximate surface area is 155 Å². The SMILES string of the molecule is C[CH-]C.[CH]1[CH][CH][CH][CH]1.[CH]1[CH][CH][CH][CH]1.[CH]1[CH][CH][CH][CH]1.[Th]. The molecule has 0 saturated heterocycles. The third-order valence-electron chi connectivity index (χ3n) is 1.67. The van der Waals surface area contributed by atoms with Crippen molar-refractivity contribution in [2.45, 2.75) is 13.8 Å². The van der Waals surface area contributed by atoms with E-state index in [9.17, 15) is 0 Å². The van der Waals surface area contributed by atoms with E-state index < -0.39 is 0 Å². The third-order valence-corrected chi connectivity index (χ3v) is 1.67. The van der Waals surface area contributed by atoms with Crippen LogP contribution < -0.4 is 0 Å². The second-order valence-corrected chi connectivity index (χ2v) is 3.46. The van der Waals surface area contributed by atoms with Crippen molar-refractivity contribution in [3.05, 3.63) is 103 Å². The molecule has 0 aromatic carbocycles. The summed E-state index contributed by atoms with van der Waals surface area (Å²) < 4.78 is 0. The number of hydrogen-bond donors (Lipinski definition) is 0. The van der Waals surface area contributed by atoms with Gasteiger partial charge in [-0.3, -0.25) is 0 Å². The topological polar surface area (TPSA) is 0 Å². The molecule has 3 saturated carbocycles. The van der Waals surface area contributed by atoms with Crippen LogP contribution in [0.3, 0.4) is 0 Å². The molecule has 0 bridgehead atoms. The largest absolute Gasteiger partial charge is 0.335 e. The van der Waals surface area contributed by atoms with Crippen LogP contribution in [-0.4, -0.2) is 0 Å². The summed E-state index contributed by atoms with van der Waals surface area (Å²) in [5, 5.41) is 0. The third kappa shape index (κ3) is 21.8. The summed E-state index contributed by atoms with van der Waals surface area (Å²) in [5.41, 5.74) is 0. The van der Waals surface area contributed by atoms with Gasteiger partial charge in [0.05, 0.1) is 0 Å². The Kier molecular flexibility index (Phi) is 25.7. The smallest absolute Gasteiger partial charge is 0 e. The zero-order valence-corrected chi connectivity index (χ0v) is 15.8. The van der Waals surface area contributed by atoms with E-state index in [1.807, 2.05) is 117 Å².